The molecule has 0 aromatic heterocycles. The molecule has 0 aromatic carbocycles. The highest BCUT2D eigenvalue weighted by atomic mass is 32.1. The maximum atomic E-state index is 10.3. The van der Waals surface area contributed by atoms with Crippen LogP contribution in [-0.2, 0) is 9.59 Å². The summed E-state index contributed by atoms with van der Waals surface area (Å²) in [6.45, 7) is 8.36. The molecule has 0 spiro atoms. The third-order valence-electron chi connectivity index (χ3n) is 1.46. The summed E-state index contributed by atoms with van der Waals surface area (Å²) in [5.41, 5.74) is -0.542. The molecule has 0 fully saturated rings. The van der Waals surface area contributed by atoms with Crippen LogP contribution in [0.3, 0.4) is 0 Å². The van der Waals surface area contributed by atoms with Crippen LogP contribution in [0, 0.1) is 5.41 Å². The van der Waals surface area contributed by atoms with E-state index in [9.17, 15) is 9.59 Å². The van der Waals surface area contributed by atoms with Crippen molar-refractivity contribution < 1.29 is 16.1 Å². The number of carboxylic acid groups (broad SMARTS) is 1. The Bertz CT molecular complexity index is 171. The maximum Gasteiger partial charge on any atom is 0.309 e. The third-order valence-corrected chi connectivity index (χ3v) is 1.46. The molecule has 0 aliphatic heterocycles. The molecule has 0 amide bonds. The topological polar surface area (TPSA) is 89.4 Å². The zero-order valence-electron chi connectivity index (χ0n) is 9.68. The van der Waals surface area contributed by atoms with Crippen molar-refractivity contribution in [2.24, 2.45) is 5.41 Å². The Morgan fingerprint density at radius 3 is 1.50 bits per heavy atom. The van der Waals surface area contributed by atoms with Gasteiger partial charge in [-0.3, -0.25) is 4.79 Å². The molecule has 0 saturated heterocycles. The summed E-state index contributed by atoms with van der Waals surface area (Å²) in [5.74, 6) is -0.556. The number of carbonyl (C=O) groups excluding carboxylic acids is 1. The van der Waals surface area contributed by atoms with Crippen LogP contribution >= 0.6 is 13.5 Å². The molecule has 0 saturated carbocycles. The summed E-state index contributed by atoms with van der Waals surface area (Å²) in [5, 5.41) is 8.44. The average Bonchev–Trinajstić information content (AvgIpc) is 1.86. The molecule has 0 aliphatic carbocycles. The van der Waals surface area contributed by atoms with Crippen molar-refractivity contribution in [1.82, 2.24) is 6.15 Å². The zero-order chi connectivity index (χ0) is 10.4. The summed E-state index contributed by atoms with van der Waals surface area (Å²) >= 11 is 0. The molecule has 4 N–H and O–H groups in total. The van der Waals surface area contributed by atoms with Crippen molar-refractivity contribution in [3.05, 3.63) is 0 Å². The minimum atomic E-state index is -0.722. The number of carbonyl (C=O) groups is 2. The minimum Gasteiger partial charge on any atom is -0.481 e. The van der Waals surface area contributed by atoms with E-state index in [1.54, 1.807) is 13.8 Å². The van der Waals surface area contributed by atoms with Gasteiger partial charge in [0.15, 0.2) is 0 Å². The first kappa shape index (κ1) is 23.3. The van der Waals surface area contributed by atoms with E-state index in [0.29, 0.717) is 6.42 Å². The molecule has 0 heterocycles. The Labute approximate surface area is 94.6 Å². The zero-order valence-corrected chi connectivity index (χ0v) is 10.7. The van der Waals surface area contributed by atoms with E-state index in [4.69, 9.17) is 5.11 Å². The summed E-state index contributed by atoms with van der Waals surface area (Å²) < 4.78 is 0. The number of ketones is 1. The van der Waals surface area contributed by atoms with Gasteiger partial charge in [-0.15, -0.1) is 0 Å². The van der Waals surface area contributed by atoms with E-state index in [0.717, 1.165) is 0 Å². The monoisotopic (exact) mass is 227 g/mol. The number of rotatable bonds is 2. The predicted octanol–water partition coefficient (Wildman–Crippen LogP) is 2.62. The van der Waals surface area contributed by atoms with Gasteiger partial charge in [-0.2, -0.15) is 13.5 Å². The van der Waals surface area contributed by atoms with Gasteiger partial charge in [0.25, 0.3) is 0 Å². The normalized spacial score (nSPS) is 8.36. The molecule has 0 unspecified atom stereocenters. The molecular weight excluding hydrogens is 202 g/mol. The van der Waals surface area contributed by atoms with E-state index in [1.165, 1.54) is 13.8 Å². The fourth-order valence-corrected chi connectivity index (χ4v) is 0.151. The van der Waals surface area contributed by atoms with E-state index in [-0.39, 0.29) is 26.9 Å². The van der Waals surface area contributed by atoms with Gasteiger partial charge < -0.3 is 16.1 Å². The molecule has 0 rings (SSSR count). The van der Waals surface area contributed by atoms with Crippen molar-refractivity contribution >= 4 is 25.2 Å². The van der Waals surface area contributed by atoms with E-state index in [1.807, 2.05) is 6.92 Å². The fraction of sp³-hybridized carbons (Fsp3) is 0.778. The molecule has 0 bridgehead atoms. The number of Topliss-reactive ketones (excluding diaryl/α,β-unsaturated/α-hetero) is 1. The van der Waals surface area contributed by atoms with Gasteiger partial charge >= 0.3 is 5.97 Å². The second-order valence-electron chi connectivity index (χ2n) is 3.45. The molecule has 0 radical (unpaired) electrons. The van der Waals surface area contributed by atoms with Crippen LogP contribution < -0.4 is 6.15 Å². The van der Waals surface area contributed by atoms with Gasteiger partial charge in [0.2, 0.25) is 0 Å². The van der Waals surface area contributed by atoms with E-state index >= 15 is 0 Å². The van der Waals surface area contributed by atoms with E-state index < -0.39 is 11.4 Å². The van der Waals surface area contributed by atoms with Gasteiger partial charge in [0, 0.05) is 1.43 Å². The summed E-state index contributed by atoms with van der Waals surface area (Å²) in [6.07, 6.45) is 0.683. The predicted molar refractivity (Wildman–Crippen MR) is 65.6 cm³/mol. The van der Waals surface area contributed by atoms with Gasteiger partial charge in [-0.1, -0.05) is 6.92 Å². The Hall–Kier alpha value is -0.550. The van der Waals surface area contributed by atoms with Crippen molar-refractivity contribution in [2.75, 3.05) is 0 Å². The number of hydrogen-bond donors (Lipinski definition) is 2. The second kappa shape index (κ2) is 10.5. The van der Waals surface area contributed by atoms with Crippen LogP contribution in [0.15, 0.2) is 0 Å². The highest BCUT2D eigenvalue weighted by molar-refractivity contribution is 7.59. The van der Waals surface area contributed by atoms with Crippen LogP contribution in [0.4, 0.5) is 0 Å². The molecule has 0 aromatic rings. The molecular formula is C9H25NO3S. The van der Waals surface area contributed by atoms with Crippen LogP contribution in [-0.4, -0.2) is 16.9 Å². The first-order chi connectivity index (χ1) is 5.24. The van der Waals surface area contributed by atoms with Crippen molar-refractivity contribution in [1.29, 1.82) is 0 Å². The third kappa shape index (κ3) is 17.5. The van der Waals surface area contributed by atoms with Gasteiger partial charge in [-0.05, 0) is 34.1 Å². The Morgan fingerprint density at radius 1 is 1.29 bits per heavy atom. The fourth-order valence-electron chi connectivity index (χ4n) is 0.151. The molecule has 5 heteroatoms. The lowest BCUT2D eigenvalue weighted by Crippen LogP contribution is -2.21. The van der Waals surface area contributed by atoms with Crippen LogP contribution in [0.2, 0.25) is 0 Å². The second-order valence-corrected chi connectivity index (χ2v) is 3.45. The van der Waals surface area contributed by atoms with Gasteiger partial charge in [0.05, 0.1) is 5.41 Å². The largest absolute Gasteiger partial charge is 0.481 e. The summed E-state index contributed by atoms with van der Waals surface area (Å²) in [4.78, 5) is 19.7. The van der Waals surface area contributed by atoms with Gasteiger partial charge in [0.1, 0.15) is 5.78 Å². The Balaban J connectivity index is -0.0000000424. The highest BCUT2D eigenvalue weighted by Crippen LogP contribution is 2.18. The number of hydrogen-bond acceptors (Lipinski definition) is 3. The minimum absolute atomic E-state index is 0. The van der Waals surface area contributed by atoms with E-state index in [2.05, 4.69) is 0 Å². The lowest BCUT2D eigenvalue weighted by atomic mass is 9.91. The number of aliphatic carboxylic acids is 1. The average molecular weight is 227 g/mol. The molecule has 14 heavy (non-hydrogen) atoms. The molecule has 4 nitrogen and oxygen atoms in total. The van der Waals surface area contributed by atoms with Gasteiger partial charge in [-0.25, -0.2) is 0 Å². The lowest BCUT2D eigenvalue weighted by Gasteiger charge is -2.14. The number of carboxylic acids is 1. The SMILES string of the molecule is CC(C)=O.CCC(C)(C)C(=O)O.N.S.[HH]. The molecule has 0 aliphatic rings. The standard InChI is InChI=1S/C6H12O2.C3H6O.H3N.H2S.H2/c1-4-6(2,3)5(7)8;1-3(2)4;;;/h4H2,1-3H3,(H,7,8);1-2H3;1H3;1H2;1H. The smallest absolute Gasteiger partial charge is 0.309 e. The van der Waals surface area contributed by atoms with Crippen LogP contribution in [0.1, 0.15) is 42.5 Å². The van der Waals surface area contributed by atoms with Crippen LogP contribution in [0.25, 0.3) is 0 Å². The summed E-state index contributed by atoms with van der Waals surface area (Å²) in [7, 11) is 0. The van der Waals surface area contributed by atoms with Crippen LogP contribution in [0.5, 0.6) is 0 Å². The lowest BCUT2D eigenvalue weighted by molar-refractivity contribution is -0.147. The Kier molecular flexibility index (Phi) is 17.6. The highest BCUT2D eigenvalue weighted by Gasteiger charge is 2.23. The molecule has 0 atom stereocenters. The first-order valence-corrected chi connectivity index (χ1v) is 3.94. The Morgan fingerprint density at radius 2 is 1.50 bits per heavy atom. The van der Waals surface area contributed by atoms with Crippen molar-refractivity contribution in [3.8, 4) is 0 Å². The first-order valence-electron chi connectivity index (χ1n) is 3.94. The quantitative estimate of drug-likeness (QED) is 0.758. The molecule has 90 valence electrons. The summed E-state index contributed by atoms with van der Waals surface area (Å²) in [6, 6.07) is 0. The van der Waals surface area contributed by atoms with Crippen molar-refractivity contribution in [3.63, 3.8) is 0 Å². The maximum absolute atomic E-state index is 10.3. The van der Waals surface area contributed by atoms with Crippen molar-refractivity contribution in [2.45, 2.75) is 41.0 Å².